The Morgan fingerprint density at radius 3 is 1.97 bits per heavy atom. The van der Waals surface area contributed by atoms with E-state index < -0.39 is 0 Å². The van der Waals surface area contributed by atoms with Crippen molar-refractivity contribution in [3.05, 3.63) is 59.7 Å². The van der Waals surface area contributed by atoms with Gasteiger partial charge < -0.3 is 4.74 Å². The number of benzene rings is 2. The van der Waals surface area contributed by atoms with Crippen molar-refractivity contribution < 1.29 is 9.53 Å². The molecule has 192 valence electrons. The topological polar surface area (TPSA) is 57.0 Å². The van der Waals surface area contributed by atoms with Crippen LogP contribution >= 0.6 is 11.8 Å². The van der Waals surface area contributed by atoms with Crippen molar-refractivity contribution in [1.82, 2.24) is 14.8 Å². The Balaban J connectivity index is 1.77. The van der Waals surface area contributed by atoms with Gasteiger partial charge in [0.1, 0.15) is 12.7 Å². The standard InChI is InChI=1S/C30H39N3O2S/c1-35-30(34)29-26-15-13-11-9-7-5-3-4-6-8-10-12-14-25(26)27(20-28(29)36-2)23-16-18-24(19-17-23)33-22-31-21-32-33/h16-22H,3-15H2,1-2H3. The summed E-state index contributed by atoms with van der Waals surface area (Å²) in [5, 5.41) is 4.26. The Morgan fingerprint density at radius 1 is 0.861 bits per heavy atom. The minimum absolute atomic E-state index is 0.207. The monoisotopic (exact) mass is 505 g/mol. The van der Waals surface area contributed by atoms with Crippen molar-refractivity contribution in [2.45, 2.75) is 88.4 Å². The number of nitrogens with zero attached hydrogens (tertiary/aromatic N) is 3. The number of rotatable bonds is 4. The summed E-state index contributed by atoms with van der Waals surface area (Å²) in [6.07, 6.45) is 21.3. The first-order valence-electron chi connectivity index (χ1n) is 13.5. The highest BCUT2D eigenvalue weighted by molar-refractivity contribution is 7.98. The summed E-state index contributed by atoms with van der Waals surface area (Å²) in [4.78, 5) is 18.1. The zero-order valence-corrected chi connectivity index (χ0v) is 22.6. The number of methoxy groups -OCH3 is 1. The normalized spacial score (nSPS) is 15.9. The van der Waals surface area contributed by atoms with Gasteiger partial charge in [0.15, 0.2) is 0 Å². The smallest absolute Gasteiger partial charge is 0.339 e. The average molecular weight is 506 g/mol. The van der Waals surface area contributed by atoms with Crippen LogP contribution in [0.3, 0.4) is 0 Å². The molecule has 3 aromatic rings. The number of fused-ring (bicyclic) bond motifs is 1. The van der Waals surface area contributed by atoms with Crippen LogP contribution in [0, 0.1) is 0 Å². The second-order valence-corrected chi connectivity index (χ2v) is 10.6. The number of hydrogen-bond acceptors (Lipinski definition) is 5. The molecule has 0 saturated heterocycles. The first-order chi connectivity index (χ1) is 17.7. The largest absolute Gasteiger partial charge is 0.465 e. The van der Waals surface area contributed by atoms with Gasteiger partial charge in [-0.1, -0.05) is 69.9 Å². The van der Waals surface area contributed by atoms with Crippen molar-refractivity contribution in [2.24, 2.45) is 0 Å². The van der Waals surface area contributed by atoms with Gasteiger partial charge in [-0.05, 0) is 72.4 Å². The SMILES string of the molecule is COC(=O)c1c(SC)cc(-c2ccc(-n3cncn3)cc2)c2c1CCCCCCCCCCCCC2. The molecule has 2 aromatic carbocycles. The van der Waals surface area contributed by atoms with E-state index in [9.17, 15) is 4.79 Å². The molecule has 0 amide bonds. The molecule has 4 rings (SSSR count). The minimum atomic E-state index is -0.207. The van der Waals surface area contributed by atoms with Gasteiger partial charge in [0.2, 0.25) is 0 Å². The molecule has 0 saturated carbocycles. The van der Waals surface area contributed by atoms with Crippen molar-refractivity contribution in [3.8, 4) is 16.8 Å². The number of carbonyl (C=O) groups excluding carboxylic acids is 1. The van der Waals surface area contributed by atoms with Crippen molar-refractivity contribution in [3.63, 3.8) is 0 Å². The average Bonchev–Trinajstić information content (AvgIpc) is 3.45. The van der Waals surface area contributed by atoms with E-state index in [2.05, 4.69) is 46.7 Å². The highest BCUT2D eigenvalue weighted by atomic mass is 32.2. The first-order valence-corrected chi connectivity index (χ1v) is 14.7. The molecule has 0 atom stereocenters. The van der Waals surface area contributed by atoms with Gasteiger partial charge >= 0.3 is 5.97 Å². The molecule has 0 spiro atoms. The van der Waals surface area contributed by atoms with E-state index in [0.717, 1.165) is 41.8 Å². The van der Waals surface area contributed by atoms with E-state index in [0.29, 0.717) is 0 Å². The molecule has 0 unspecified atom stereocenters. The zero-order chi connectivity index (χ0) is 25.2. The number of carbonyl (C=O) groups is 1. The third kappa shape index (κ3) is 6.58. The summed E-state index contributed by atoms with van der Waals surface area (Å²) >= 11 is 1.64. The minimum Gasteiger partial charge on any atom is -0.465 e. The van der Waals surface area contributed by atoms with Gasteiger partial charge in [-0.15, -0.1) is 11.8 Å². The van der Waals surface area contributed by atoms with Crippen LogP contribution in [0.15, 0.2) is 47.9 Å². The highest BCUT2D eigenvalue weighted by Gasteiger charge is 2.23. The van der Waals surface area contributed by atoms with Gasteiger partial charge in [-0.25, -0.2) is 14.5 Å². The Morgan fingerprint density at radius 2 is 1.44 bits per heavy atom. The molecule has 1 aliphatic rings. The molecular formula is C30H39N3O2S. The van der Waals surface area contributed by atoms with E-state index >= 15 is 0 Å². The number of thioether (sulfide) groups is 1. The fourth-order valence-corrected chi connectivity index (χ4v) is 6.03. The maximum Gasteiger partial charge on any atom is 0.339 e. The van der Waals surface area contributed by atoms with Gasteiger partial charge in [0, 0.05) is 4.90 Å². The Hall–Kier alpha value is -2.60. The quantitative estimate of drug-likeness (QED) is 0.267. The predicted molar refractivity (Wildman–Crippen MR) is 148 cm³/mol. The van der Waals surface area contributed by atoms with E-state index in [-0.39, 0.29) is 5.97 Å². The Kier molecular flexibility index (Phi) is 10.0. The first kappa shape index (κ1) is 26.5. The van der Waals surface area contributed by atoms with Crippen molar-refractivity contribution >= 4 is 17.7 Å². The molecule has 1 aliphatic carbocycles. The lowest BCUT2D eigenvalue weighted by atomic mass is 9.86. The number of esters is 1. The lowest BCUT2D eigenvalue weighted by Gasteiger charge is -2.22. The van der Waals surface area contributed by atoms with Gasteiger partial charge in [0.05, 0.1) is 18.4 Å². The summed E-state index contributed by atoms with van der Waals surface area (Å²) in [5.74, 6) is -0.207. The lowest BCUT2D eigenvalue weighted by Crippen LogP contribution is -2.12. The molecule has 0 bridgehead atoms. The van der Waals surface area contributed by atoms with Crippen LogP contribution in [0.2, 0.25) is 0 Å². The maximum atomic E-state index is 13.1. The number of hydrogen-bond donors (Lipinski definition) is 0. The lowest BCUT2D eigenvalue weighted by molar-refractivity contribution is 0.0595. The number of ether oxygens (including phenoxy) is 1. The molecule has 0 fully saturated rings. The zero-order valence-electron chi connectivity index (χ0n) is 21.8. The third-order valence-electron chi connectivity index (χ3n) is 7.34. The summed E-state index contributed by atoms with van der Waals surface area (Å²) in [6, 6.07) is 10.7. The van der Waals surface area contributed by atoms with Crippen LogP contribution in [0.5, 0.6) is 0 Å². The number of aromatic nitrogens is 3. The van der Waals surface area contributed by atoms with E-state index in [1.807, 2.05) is 0 Å². The van der Waals surface area contributed by atoms with Crippen molar-refractivity contribution in [2.75, 3.05) is 13.4 Å². The third-order valence-corrected chi connectivity index (χ3v) is 8.10. The molecule has 0 aliphatic heterocycles. The summed E-state index contributed by atoms with van der Waals surface area (Å²) < 4.78 is 7.08. The van der Waals surface area contributed by atoms with Gasteiger partial charge in [-0.2, -0.15) is 5.10 Å². The second kappa shape index (κ2) is 13.6. The van der Waals surface area contributed by atoms with Crippen molar-refractivity contribution in [1.29, 1.82) is 0 Å². The van der Waals surface area contributed by atoms with Crippen LogP contribution < -0.4 is 0 Å². The molecule has 5 nitrogen and oxygen atoms in total. The Bertz CT molecular complexity index is 1110. The molecule has 0 N–H and O–H groups in total. The Labute approximate surface area is 220 Å². The maximum absolute atomic E-state index is 13.1. The van der Waals surface area contributed by atoms with Crippen LogP contribution in [0.1, 0.15) is 92.1 Å². The fourth-order valence-electron chi connectivity index (χ4n) is 5.39. The van der Waals surface area contributed by atoms with Gasteiger partial charge in [0.25, 0.3) is 0 Å². The second-order valence-electron chi connectivity index (χ2n) is 9.73. The van der Waals surface area contributed by atoms with E-state index in [1.165, 1.54) is 87.2 Å². The van der Waals surface area contributed by atoms with E-state index in [1.54, 1.807) is 29.1 Å². The molecule has 1 heterocycles. The molecular weight excluding hydrogens is 466 g/mol. The molecule has 6 heteroatoms. The summed E-state index contributed by atoms with van der Waals surface area (Å²) in [7, 11) is 1.50. The van der Waals surface area contributed by atoms with Crippen LogP contribution in [0.4, 0.5) is 0 Å². The molecule has 1 aromatic heterocycles. The van der Waals surface area contributed by atoms with E-state index in [4.69, 9.17) is 4.74 Å². The van der Waals surface area contributed by atoms with Gasteiger partial charge in [-0.3, -0.25) is 0 Å². The van der Waals surface area contributed by atoms with Crippen LogP contribution in [-0.4, -0.2) is 34.1 Å². The van der Waals surface area contributed by atoms with Crippen LogP contribution in [-0.2, 0) is 17.6 Å². The molecule has 36 heavy (non-hydrogen) atoms. The molecule has 0 radical (unpaired) electrons. The van der Waals surface area contributed by atoms with Crippen LogP contribution in [0.25, 0.3) is 16.8 Å². The highest BCUT2D eigenvalue weighted by Crippen LogP contribution is 2.38. The summed E-state index contributed by atoms with van der Waals surface area (Å²) in [5.41, 5.74) is 6.74. The fraction of sp³-hybridized carbons (Fsp3) is 0.500. The summed E-state index contributed by atoms with van der Waals surface area (Å²) in [6.45, 7) is 0. The predicted octanol–water partition coefficient (Wildman–Crippen LogP) is 7.83.